The number of hydrogen-bond donors (Lipinski definition) is 1. The van der Waals surface area contributed by atoms with Crippen LogP contribution in [0.4, 0.5) is 0 Å². The fourth-order valence-electron chi connectivity index (χ4n) is 2.99. The Morgan fingerprint density at radius 1 is 1.29 bits per heavy atom. The van der Waals surface area contributed by atoms with E-state index in [-0.39, 0.29) is 11.9 Å². The van der Waals surface area contributed by atoms with E-state index >= 15 is 0 Å². The highest BCUT2D eigenvalue weighted by molar-refractivity contribution is 5.78. The monoisotopic (exact) mass is 323 g/mol. The number of benzene rings is 1. The Balaban J connectivity index is 1.35. The summed E-state index contributed by atoms with van der Waals surface area (Å²) in [5.41, 5.74) is 1.83. The zero-order chi connectivity index (χ0) is 16.4. The van der Waals surface area contributed by atoms with E-state index in [9.17, 15) is 4.79 Å². The van der Waals surface area contributed by atoms with Crippen LogP contribution >= 0.6 is 0 Å². The average Bonchev–Trinajstić information content (AvgIpc) is 3.26. The Hall–Kier alpha value is -3.03. The molecule has 0 aliphatic carbocycles. The van der Waals surface area contributed by atoms with Crippen LogP contribution in [0.3, 0.4) is 0 Å². The average molecular weight is 323 g/mol. The van der Waals surface area contributed by atoms with Gasteiger partial charge >= 0.3 is 0 Å². The Labute approximate surface area is 138 Å². The summed E-state index contributed by atoms with van der Waals surface area (Å²) in [5.74, 6) is 1.14. The Morgan fingerprint density at radius 3 is 2.96 bits per heavy atom. The summed E-state index contributed by atoms with van der Waals surface area (Å²) in [5, 5.41) is 14.2. The highest BCUT2D eigenvalue weighted by Crippen LogP contribution is 2.13. The maximum absolute atomic E-state index is 12.3. The zero-order valence-corrected chi connectivity index (χ0v) is 13.0. The molecule has 1 aromatic carbocycles. The van der Waals surface area contributed by atoms with E-state index in [2.05, 4.69) is 30.4 Å². The number of nitrogens with one attached hydrogen (secondary N) is 1. The van der Waals surface area contributed by atoms with Gasteiger partial charge in [-0.2, -0.15) is 0 Å². The minimum atomic E-state index is 0.0405. The number of amides is 1. The van der Waals surface area contributed by atoms with Gasteiger partial charge in [-0.3, -0.25) is 4.79 Å². The topological polar surface area (TPSA) is 90.5 Å². The highest BCUT2D eigenvalue weighted by Gasteiger charge is 2.20. The fraction of sp³-hybridized carbons (Fsp3) is 0.312. The lowest BCUT2D eigenvalue weighted by Crippen LogP contribution is -2.41. The molecule has 8 heteroatoms. The molecule has 0 fully saturated rings. The Bertz CT molecular complexity index is 823. The van der Waals surface area contributed by atoms with Crippen molar-refractivity contribution in [2.75, 3.05) is 0 Å². The normalized spacial score (nSPS) is 16.6. The summed E-state index contributed by atoms with van der Waals surface area (Å²) in [7, 11) is 0. The van der Waals surface area contributed by atoms with Crippen molar-refractivity contribution in [1.29, 1.82) is 0 Å². The third kappa shape index (κ3) is 3.03. The molecule has 0 saturated carbocycles. The number of carbonyl (C=O) groups is 1. The van der Waals surface area contributed by atoms with Crippen molar-refractivity contribution < 1.29 is 4.79 Å². The number of carbonyl (C=O) groups excluding carboxylic acids is 1. The van der Waals surface area contributed by atoms with E-state index in [0.29, 0.717) is 6.42 Å². The molecule has 3 heterocycles. The predicted octanol–water partition coefficient (Wildman–Crippen LogP) is 0.532. The number of aryl methyl sites for hydroxylation is 1. The molecular weight excluding hydrogens is 306 g/mol. The molecule has 1 aliphatic heterocycles. The van der Waals surface area contributed by atoms with Gasteiger partial charge in [0.05, 0.1) is 12.1 Å². The van der Waals surface area contributed by atoms with Crippen LogP contribution in [0.25, 0.3) is 5.69 Å². The highest BCUT2D eigenvalue weighted by atomic mass is 16.1. The van der Waals surface area contributed by atoms with E-state index < -0.39 is 0 Å². The maximum atomic E-state index is 12.3. The first-order valence-electron chi connectivity index (χ1n) is 7.89. The number of fused-ring (bicyclic) bond motifs is 1. The molecule has 0 saturated heterocycles. The maximum Gasteiger partial charge on any atom is 0.224 e. The molecule has 1 amide bonds. The second kappa shape index (κ2) is 6.23. The lowest BCUT2D eigenvalue weighted by molar-refractivity contribution is -0.121. The van der Waals surface area contributed by atoms with Crippen LogP contribution in [0.1, 0.15) is 17.8 Å². The van der Waals surface area contributed by atoms with Crippen molar-refractivity contribution in [2.45, 2.75) is 31.8 Å². The van der Waals surface area contributed by atoms with E-state index in [0.717, 1.165) is 36.5 Å². The smallest absolute Gasteiger partial charge is 0.224 e. The summed E-state index contributed by atoms with van der Waals surface area (Å²) < 4.78 is 3.68. The van der Waals surface area contributed by atoms with Gasteiger partial charge in [-0.25, -0.2) is 9.67 Å². The molecule has 3 aromatic rings. The van der Waals surface area contributed by atoms with Crippen molar-refractivity contribution in [3.05, 3.63) is 54.4 Å². The lowest BCUT2D eigenvalue weighted by atomic mass is 10.1. The van der Waals surface area contributed by atoms with Crippen molar-refractivity contribution in [2.24, 2.45) is 0 Å². The summed E-state index contributed by atoms with van der Waals surface area (Å²) in [4.78, 5) is 16.6. The lowest BCUT2D eigenvalue weighted by Gasteiger charge is -2.24. The number of rotatable bonds is 4. The first-order chi connectivity index (χ1) is 11.8. The third-order valence-electron chi connectivity index (χ3n) is 4.21. The van der Waals surface area contributed by atoms with Crippen LogP contribution in [0.15, 0.2) is 43.0 Å². The van der Waals surface area contributed by atoms with Crippen LogP contribution in [-0.4, -0.2) is 41.7 Å². The SMILES string of the molecule is O=C(Cc1ccc(-n2cnnn2)cc1)NC1CCc2nccn2C1. The number of tetrazole rings is 1. The molecule has 122 valence electrons. The van der Waals surface area contributed by atoms with E-state index in [1.54, 1.807) is 4.68 Å². The summed E-state index contributed by atoms with van der Waals surface area (Å²) in [6.07, 6.45) is 7.51. The number of aromatic nitrogens is 6. The van der Waals surface area contributed by atoms with Crippen LogP contribution in [0.2, 0.25) is 0 Å². The van der Waals surface area contributed by atoms with Gasteiger partial charge < -0.3 is 9.88 Å². The van der Waals surface area contributed by atoms with Crippen LogP contribution < -0.4 is 5.32 Å². The van der Waals surface area contributed by atoms with E-state index in [1.807, 2.05) is 36.7 Å². The fourth-order valence-corrected chi connectivity index (χ4v) is 2.99. The number of hydrogen-bond acceptors (Lipinski definition) is 5. The van der Waals surface area contributed by atoms with Gasteiger partial charge in [0, 0.05) is 31.4 Å². The molecule has 4 rings (SSSR count). The van der Waals surface area contributed by atoms with Crippen LogP contribution in [0, 0.1) is 0 Å². The molecule has 0 radical (unpaired) electrons. The minimum Gasteiger partial charge on any atom is -0.351 e. The van der Waals surface area contributed by atoms with E-state index in [4.69, 9.17) is 0 Å². The largest absolute Gasteiger partial charge is 0.351 e. The predicted molar refractivity (Wildman–Crippen MR) is 85.3 cm³/mol. The van der Waals surface area contributed by atoms with Crippen LogP contribution in [0.5, 0.6) is 0 Å². The standard InChI is InChI=1S/C16H17N7O/c24-16(19-13-3-6-15-17-7-8-22(15)10-13)9-12-1-4-14(5-2-12)23-11-18-20-21-23/h1-2,4-5,7-8,11,13H,3,6,9-10H2,(H,19,24). The first kappa shape index (κ1) is 14.6. The van der Waals surface area contributed by atoms with Crippen molar-refractivity contribution >= 4 is 5.91 Å². The van der Waals surface area contributed by atoms with E-state index in [1.165, 1.54) is 6.33 Å². The molecule has 24 heavy (non-hydrogen) atoms. The first-order valence-corrected chi connectivity index (χ1v) is 7.89. The minimum absolute atomic E-state index is 0.0405. The van der Waals surface area contributed by atoms with Gasteiger partial charge in [-0.05, 0) is 34.5 Å². The number of imidazole rings is 1. The quantitative estimate of drug-likeness (QED) is 0.756. The second-order valence-corrected chi connectivity index (χ2v) is 5.90. The third-order valence-corrected chi connectivity index (χ3v) is 4.21. The van der Waals surface area contributed by atoms with Crippen molar-refractivity contribution in [3.63, 3.8) is 0 Å². The zero-order valence-electron chi connectivity index (χ0n) is 13.0. The molecular formula is C16H17N7O. The molecule has 1 atom stereocenters. The van der Waals surface area contributed by atoms with Crippen molar-refractivity contribution in [1.82, 2.24) is 35.1 Å². The van der Waals surface area contributed by atoms with Gasteiger partial charge in [0.1, 0.15) is 12.2 Å². The second-order valence-electron chi connectivity index (χ2n) is 5.90. The number of nitrogens with zero attached hydrogens (tertiary/aromatic N) is 6. The Morgan fingerprint density at radius 2 is 2.17 bits per heavy atom. The van der Waals surface area contributed by atoms with Crippen LogP contribution in [-0.2, 0) is 24.2 Å². The van der Waals surface area contributed by atoms with Gasteiger partial charge in [-0.15, -0.1) is 5.10 Å². The summed E-state index contributed by atoms with van der Waals surface area (Å²) in [6, 6.07) is 7.81. The van der Waals surface area contributed by atoms with Crippen molar-refractivity contribution in [3.8, 4) is 5.69 Å². The van der Waals surface area contributed by atoms with Gasteiger partial charge in [0.2, 0.25) is 5.91 Å². The molecule has 1 unspecified atom stereocenters. The molecule has 8 nitrogen and oxygen atoms in total. The molecule has 0 spiro atoms. The Kier molecular flexibility index (Phi) is 3.78. The molecule has 1 N–H and O–H groups in total. The molecule has 1 aliphatic rings. The summed E-state index contributed by atoms with van der Waals surface area (Å²) >= 11 is 0. The molecule has 0 bridgehead atoms. The molecule has 2 aromatic heterocycles. The van der Waals surface area contributed by atoms with Gasteiger partial charge in [0.25, 0.3) is 0 Å². The van der Waals surface area contributed by atoms with Gasteiger partial charge in [-0.1, -0.05) is 12.1 Å². The summed E-state index contributed by atoms with van der Waals surface area (Å²) in [6.45, 7) is 0.791. The van der Waals surface area contributed by atoms with Gasteiger partial charge in [0.15, 0.2) is 0 Å².